The van der Waals surface area contributed by atoms with Gasteiger partial charge in [-0.15, -0.1) is 11.3 Å². The van der Waals surface area contributed by atoms with E-state index in [9.17, 15) is 4.79 Å². The van der Waals surface area contributed by atoms with E-state index in [2.05, 4.69) is 15.3 Å². The van der Waals surface area contributed by atoms with E-state index in [0.717, 1.165) is 27.2 Å². The Balaban J connectivity index is 1.93. The first kappa shape index (κ1) is 18.1. The van der Waals surface area contributed by atoms with Gasteiger partial charge in [-0.05, 0) is 24.6 Å². The lowest BCUT2D eigenvalue weighted by atomic mass is 10.2. The van der Waals surface area contributed by atoms with Crippen LogP contribution in [-0.2, 0) is 9.47 Å². The third kappa shape index (κ3) is 3.76. The first-order chi connectivity index (χ1) is 12.6. The Hall–Kier alpha value is -2.71. The van der Waals surface area contributed by atoms with Gasteiger partial charge in [-0.25, -0.2) is 14.8 Å². The van der Waals surface area contributed by atoms with Crippen LogP contribution >= 0.6 is 11.3 Å². The lowest BCUT2D eigenvalue weighted by molar-refractivity contribution is 0.0393. The Labute approximate surface area is 154 Å². The van der Waals surface area contributed by atoms with E-state index in [-0.39, 0.29) is 12.6 Å². The molecule has 2 aromatic heterocycles. The van der Waals surface area contributed by atoms with E-state index >= 15 is 0 Å². The van der Waals surface area contributed by atoms with Gasteiger partial charge < -0.3 is 19.5 Å². The van der Waals surface area contributed by atoms with Crippen LogP contribution < -0.4 is 10.1 Å². The molecule has 7 nitrogen and oxygen atoms in total. The number of benzene rings is 1. The zero-order valence-corrected chi connectivity index (χ0v) is 15.6. The number of fused-ring (bicyclic) bond motifs is 1. The third-order valence-electron chi connectivity index (χ3n) is 3.77. The predicted molar refractivity (Wildman–Crippen MR) is 101 cm³/mol. The summed E-state index contributed by atoms with van der Waals surface area (Å²) in [7, 11) is 3.18. The molecule has 0 spiro atoms. The van der Waals surface area contributed by atoms with Crippen LogP contribution in [0.1, 0.15) is 15.2 Å². The van der Waals surface area contributed by atoms with Crippen LogP contribution in [0.3, 0.4) is 0 Å². The molecule has 0 aliphatic carbocycles. The summed E-state index contributed by atoms with van der Waals surface area (Å²) in [5.41, 5.74) is 1.62. The first-order valence-electron chi connectivity index (χ1n) is 7.95. The van der Waals surface area contributed by atoms with Crippen molar-refractivity contribution in [3.63, 3.8) is 0 Å². The van der Waals surface area contributed by atoms with Crippen molar-refractivity contribution in [1.82, 2.24) is 9.97 Å². The molecule has 0 aliphatic heterocycles. The van der Waals surface area contributed by atoms with Gasteiger partial charge in [-0.1, -0.05) is 6.07 Å². The Morgan fingerprint density at radius 2 is 2.08 bits per heavy atom. The Kier molecular flexibility index (Phi) is 5.65. The van der Waals surface area contributed by atoms with Gasteiger partial charge in [0.15, 0.2) is 0 Å². The van der Waals surface area contributed by atoms with Crippen LogP contribution in [-0.4, -0.2) is 43.4 Å². The van der Waals surface area contributed by atoms with Crippen molar-refractivity contribution < 1.29 is 19.0 Å². The van der Waals surface area contributed by atoms with Gasteiger partial charge in [-0.2, -0.15) is 0 Å². The SMILES string of the molecule is COCCOC(=O)c1sc2ncnc(Nc3cccc(OC)c3)c2c1C. The largest absolute Gasteiger partial charge is 0.497 e. The summed E-state index contributed by atoms with van der Waals surface area (Å²) in [4.78, 5) is 22.2. The van der Waals surface area contributed by atoms with Crippen LogP contribution in [0.4, 0.5) is 11.5 Å². The molecule has 1 N–H and O–H groups in total. The standard InChI is InChI=1S/C18H19N3O4S/c1-11-14-16(21-12-5-4-6-13(9-12)24-3)19-10-20-17(14)26-15(11)18(22)25-8-7-23-2/h4-6,9-10H,7-8H2,1-3H3,(H,19,20,21). The van der Waals surface area contributed by atoms with Gasteiger partial charge in [0, 0.05) is 18.9 Å². The fraction of sp³-hybridized carbons (Fsp3) is 0.278. The lowest BCUT2D eigenvalue weighted by Crippen LogP contribution is -2.09. The Morgan fingerprint density at radius 1 is 1.23 bits per heavy atom. The maximum Gasteiger partial charge on any atom is 0.348 e. The maximum absolute atomic E-state index is 12.3. The number of nitrogens with one attached hydrogen (secondary N) is 1. The number of anilines is 2. The molecule has 136 valence electrons. The molecular formula is C18H19N3O4S. The van der Waals surface area contributed by atoms with E-state index in [4.69, 9.17) is 14.2 Å². The molecule has 0 saturated heterocycles. The topological polar surface area (TPSA) is 82.6 Å². The van der Waals surface area contributed by atoms with Crippen LogP contribution in [0.15, 0.2) is 30.6 Å². The molecule has 0 bridgehead atoms. The van der Waals surface area contributed by atoms with Gasteiger partial charge in [-0.3, -0.25) is 0 Å². The molecule has 0 amide bonds. The molecule has 0 radical (unpaired) electrons. The van der Waals surface area contributed by atoms with E-state index in [1.54, 1.807) is 14.2 Å². The van der Waals surface area contributed by atoms with Crippen molar-refractivity contribution in [2.75, 3.05) is 32.8 Å². The second-order valence-electron chi connectivity index (χ2n) is 5.44. The molecule has 3 rings (SSSR count). The minimum Gasteiger partial charge on any atom is -0.497 e. The second-order valence-corrected chi connectivity index (χ2v) is 6.44. The first-order valence-corrected chi connectivity index (χ1v) is 8.77. The summed E-state index contributed by atoms with van der Waals surface area (Å²) in [6, 6.07) is 7.54. The number of carbonyl (C=O) groups is 1. The summed E-state index contributed by atoms with van der Waals surface area (Å²) in [6.07, 6.45) is 1.47. The number of rotatable bonds is 7. The zero-order chi connectivity index (χ0) is 18.5. The smallest absolute Gasteiger partial charge is 0.348 e. The van der Waals surface area contributed by atoms with E-state index in [1.165, 1.54) is 17.7 Å². The summed E-state index contributed by atoms with van der Waals surface area (Å²) in [5, 5.41) is 4.08. The van der Waals surface area contributed by atoms with Crippen LogP contribution in [0.25, 0.3) is 10.2 Å². The molecule has 8 heteroatoms. The molecule has 0 saturated carbocycles. The van der Waals surface area contributed by atoms with Gasteiger partial charge in [0.05, 0.1) is 19.1 Å². The fourth-order valence-electron chi connectivity index (χ4n) is 2.48. The monoisotopic (exact) mass is 373 g/mol. The van der Waals surface area contributed by atoms with Crippen molar-refractivity contribution in [2.24, 2.45) is 0 Å². The van der Waals surface area contributed by atoms with E-state index in [0.29, 0.717) is 17.3 Å². The summed E-state index contributed by atoms with van der Waals surface area (Å²) in [6.45, 7) is 2.44. The minimum atomic E-state index is -0.380. The van der Waals surface area contributed by atoms with Crippen molar-refractivity contribution in [3.8, 4) is 5.75 Å². The number of ether oxygens (including phenoxy) is 3. The highest BCUT2D eigenvalue weighted by Gasteiger charge is 2.20. The summed E-state index contributed by atoms with van der Waals surface area (Å²) < 4.78 is 15.4. The van der Waals surface area contributed by atoms with Gasteiger partial charge in [0.1, 0.15) is 34.2 Å². The van der Waals surface area contributed by atoms with Gasteiger partial charge in [0.25, 0.3) is 0 Å². The van der Waals surface area contributed by atoms with Crippen molar-refractivity contribution >= 4 is 39.0 Å². The number of hydrogen-bond acceptors (Lipinski definition) is 8. The van der Waals surface area contributed by atoms with Gasteiger partial charge in [0.2, 0.25) is 0 Å². The molecule has 3 aromatic rings. The Morgan fingerprint density at radius 3 is 2.85 bits per heavy atom. The van der Waals surface area contributed by atoms with Gasteiger partial charge >= 0.3 is 5.97 Å². The number of methoxy groups -OCH3 is 2. The average Bonchev–Trinajstić information content (AvgIpc) is 3.00. The quantitative estimate of drug-likeness (QED) is 0.501. The minimum absolute atomic E-state index is 0.212. The summed E-state index contributed by atoms with van der Waals surface area (Å²) >= 11 is 1.29. The molecule has 26 heavy (non-hydrogen) atoms. The number of aryl methyl sites for hydroxylation is 1. The normalized spacial score (nSPS) is 10.7. The second kappa shape index (κ2) is 8.11. The van der Waals surface area contributed by atoms with Crippen LogP contribution in [0.5, 0.6) is 5.75 Å². The number of thiophene rings is 1. The maximum atomic E-state index is 12.3. The molecular weight excluding hydrogens is 354 g/mol. The fourth-order valence-corrected chi connectivity index (χ4v) is 3.52. The molecule has 0 atom stereocenters. The highest BCUT2D eigenvalue weighted by Crippen LogP contribution is 2.35. The molecule has 0 aliphatic rings. The van der Waals surface area contributed by atoms with Crippen molar-refractivity contribution in [2.45, 2.75) is 6.92 Å². The van der Waals surface area contributed by atoms with Crippen LogP contribution in [0, 0.1) is 6.92 Å². The summed E-state index contributed by atoms with van der Waals surface area (Å²) in [5.74, 6) is 0.993. The Bertz CT molecular complexity index is 926. The predicted octanol–water partition coefficient (Wildman–Crippen LogP) is 3.56. The molecule has 0 fully saturated rings. The number of hydrogen-bond donors (Lipinski definition) is 1. The highest BCUT2D eigenvalue weighted by molar-refractivity contribution is 7.20. The molecule has 0 unspecified atom stereocenters. The highest BCUT2D eigenvalue weighted by atomic mass is 32.1. The number of nitrogens with zero attached hydrogens (tertiary/aromatic N) is 2. The number of aromatic nitrogens is 2. The van der Waals surface area contributed by atoms with E-state index in [1.807, 2.05) is 31.2 Å². The van der Waals surface area contributed by atoms with Crippen molar-refractivity contribution in [1.29, 1.82) is 0 Å². The third-order valence-corrected chi connectivity index (χ3v) is 4.95. The van der Waals surface area contributed by atoms with Crippen molar-refractivity contribution in [3.05, 3.63) is 41.0 Å². The molecule has 2 heterocycles. The number of carbonyl (C=O) groups excluding carboxylic acids is 1. The van der Waals surface area contributed by atoms with Crippen LogP contribution in [0.2, 0.25) is 0 Å². The van der Waals surface area contributed by atoms with E-state index < -0.39 is 0 Å². The lowest BCUT2D eigenvalue weighted by Gasteiger charge is -2.08. The average molecular weight is 373 g/mol. The molecule has 1 aromatic carbocycles. The zero-order valence-electron chi connectivity index (χ0n) is 14.7. The number of esters is 1.